The van der Waals surface area contributed by atoms with Crippen LogP contribution < -0.4 is 9.46 Å². The molecule has 4 aromatic heterocycles. The Hall–Kier alpha value is -4.29. The first kappa shape index (κ1) is 31.1. The lowest BCUT2D eigenvalue weighted by molar-refractivity contribution is 0.151. The Balaban J connectivity index is 1.52. The summed E-state index contributed by atoms with van der Waals surface area (Å²) >= 11 is 1.03. The van der Waals surface area contributed by atoms with Crippen molar-refractivity contribution in [3.63, 3.8) is 0 Å². The number of aryl methyl sites for hydroxylation is 3. The zero-order valence-electron chi connectivity index (χ0n) is 25.4. The van der Waals surface area contributed by atoms with E-state index in [2.05, 4.69) is 21.2 Å². The average Bonchev–Trinajstić information content (AvgIpc) is 3.60. The summed E-state index contributed by atoms with van der Waals surface area (Å²) in [5, 5.41) is 0. The van der Waals surface area contributed by atoms with Gasteiger partial charge in [-0.3, -0.25) is 0 Å². The number of hydrogen-bond donors (Lipinski definition) is 1. The van der Waals surface area contributed by atoms with Crippen LogP contribution in [0.2, 0.25) is 0 Å². The Labute approximate surface area is 261 Å². The fraction of sp³-hybridized carbons (Fsp3) is 0.312. The molecule has 1 N–H and O–H groups in total. The molecule has 12 heteroatoms. The van der Waals surface area contributed by atoms with Gasteiger partial charge in [-0.25, -0.2) is 32.9 Å². The first-order valence-corrected chi connectivity index (χ1v) is 16.7. The standard InChI is InChI=1S/C32H35N5O5S2/c1-6-8-16-42-32(38)36-44(39,40)31-25(18-26(43-31)24-10-9-15-33-30(24)41-5)23-13-11-22(12-14-23)19-37-27(7-2)35-28-20(3)17-21(4)34-29(28)37/h9-15,17-18H,6-8,16,19H2,1-5H3,(H,36,38). The highest BCUT2D eigenvalue weighted by atomic mass is 32.2. The molecule has 0 unspecified atom stereocenters. The molecular formula is C32H35N5O5S2. The number of pyridine rings is 2. The van der Waals surface area contributed by atoms with Crippen molar-refractivity contribution in [1.82, 2.24) is 24.2 Å². The minimum absolute atomic E-state index is 0.0115. The number of unbranched alkanes of at least 4 members (excludes halogenated alkanes) is 1. The third kappa shape index (κ3) is 6.46. The van der Waals surface area contributed by atoms with E-state index in [9.17, 15) is 13.2 Å². The summed E-state index contributed by atoms with van der Waals surface area (Å²) in [4.78, 5) is 26.9. The van der Waals surface area contributed by atoms with E-state index in [-0.39, 0.29) is 10.8 Å². The van der Waals surface area contributed by atoms with E-state index in [0.717, 1.165) is 58.0 Å². The molecule has 0 radical (unpaired) electrons. The van der Waals surface area contributed by atoms with Crippen LogP contribution in [-0.2, 0) is 27.7 Å². The van der Waals surface area contributed by atoms with Crippen molar-refractivity contribution in [3.8, 4) is 27.4 Å². The van der Waals surface area contributed by atoms with Crippen molar-refractivity contribution >= 4 is 38.6 Å². The summed E-state index contributed by atoms with van der Waals surface area (Å²) in [5.41, 5.74) is 6.55. The quantitative estimate of drug-likeness (QED) is 0.160. The van der Waals surface area contributed by atoms with Crippen LogP contribution in [0.25, 0.3) is 32.7 Å². The van der Waals surface area contributed by atoms with Gasteiger partial charge in [-0.2, -0.15) is 0 Å². The third-order valence-corrected chi connectivity index (χ3v) is 10.2. The molecule has 0 aliphatic heterocycles. The van der Waals surface area contributed by atoms with Gasteiger partial charge in [-0.15, -0.1) is 11.3 Å². The first-order chi connectivity index (χ1) is 21.1. The monoisotopic (exact) mass is 633 g/mol. The molecule has 0 spiro atoms. The minimum atomic E-state index is -4.26. The molecule has 0 saturated carbocycles. The zero-order valence-corrected chi connectivity index (χ0v) is 27.0. The minimum Gasteiger partial charge on any atom is -0.481 e. The van der Waals surface area contributed by atoms with E-state index in [0.29, 0.717) is 40.4 Å². The number of benzene rings is 1. The van der Waals surface area contributed by atoms with Gasteiger partial charge in [-0.05, 0) is 61.2 Å². The second kappa shape index (κ2) is 13.1. The van der Waals surface area contributed by atoms with Gasteiger partial charge in [0.25, 0.3) is 10.0 Å². The Kier molecular flexibility index (Phi) is 9.31. The number of nitrogens with one attached hydrogen (secondary N) is 1. The topological polar surface area (TPSA) is 125 Å². The number of sulfonamides is 1. The number of fused-ring (bicyclic) bond motifs is 1. The summed E-state index contributed by atoms with van der Waals surface area (Å²) in [6.07, 6.45) is 2.81. The highest BCUT2D eigenvalue weighted by Crippen LogP contribution is 2.42. The maximum absolute atomic E-state index is 13.5. The summed E-state index contributed by atoms with van der Waals surface area (Å²) in [7, 11) is -2.75. The van der Waals surface area contributed by atoms with Crippen LogP contribution in [0.4, 0.5) is 4.79 Å². The number of aromatic nitrogens is 4. The van der Waals surface area contributed by atoms with Crippen LogP contribution in [0.3, 0.4) is 0 Å². The second-order valence-corrected chi connectivity index (χ2v) is 13.3. The van der Waals surface area contributed by atoms with E-state index < -0.39 is 16.1 Å². The van der Waals surface area contributed by atoms with Crippen LogP contribution in [0.5, 0.6) is 5.88 Å². The van der Waals surface area contributed by atoms with Crippen molar-refractivity contribution in [2.45, 2.75) is 57.7 Å². The maximum atomic E-state index is 13.5. The van der Waals surface area contributed by atoms with Crippen LogP contribution >= 0.6 is 11.3 Å². The van der Waals surface area contributed by atoms with Crippen molar-refractivity contribution < 1.29 is 22.7 Å². The van der Waals surface area contributed by atoms with Gasteiger partial charge in [0.1, 0.15) is 15.6 Å². The normalized spacial score (nSPS) is 11.6. The lowest BCUT2D eigenvalue weighted by atomic mass is 10.1. The molecule has 0 aliphatic rings. The predicted molar refractivity (Wildman–Crippen MR) is 172 cm³/mol. The Morgan fingerprint density at radius 2 is 1.82 bits per heavy atom. The highest BCUT2D eigenvalue weighted by Gasteiger charge is 2.27. The van der Waals surface area contributed by atoms with Crippen molar-refractivity contribution in [1.29, 1.82) is 0 Å². The van der Waals surface area contributed by atoms with Gasteiger partial charge < -0.3 is 14.0 Å². The van der Waals surface area contributed by atoms with Gasteiger partial charge in [0.15, 0.2) is 5.65 Å². The number of imidazole rings is 1. The molecule has 230 valence electrons. The molecule has 10 nitrogen and oxygen atoms in total. The van der Waals surface area contributed by atoms with Crippen molar-refractivity contribution in [3.05, 3.63) is 77.4 Å². The van der Waals surface area contributed by atoms with Gasteiger partial charge >= 0.3 is 6.09 Å². The molecule has 0 saturated heterocycles. The SMILES string of the molecule is CCCCOC(=O)NS(=O)(=O)c1sc(-c2cccnc2OC)cc1-c1ccc(Cn2c(CC)nc3c(C)cc(C)nc32)cc1. The summed E-state index contributed by atoms with van der Waals surface area (Å²) in [5.74, 6) is 1.31. The number of ether oxygens (including phenoxy) is 2. The Bertz CT molecular complexity index is 1910. The van der Waals surface area contributed by atoms with Gasteiger partial charge in [0.2, 0.25) is 5.88 Å². The molecule has 1 aromatic carbocycles. The van der Waals surface area contributed by atoms with E-state index in [1.165, 1.54) is 7.11 Å². The first-order valence-electron chi connectivity index (χ1n) is 14.4. The largest absolute Gasteiger partial charge is 0.481 e. The Morgan fingerprint density at radius 1 is 1.05 bits per heavy atom. The van der Waals surface area contributed by atoms with E-state index >= 15 is 0 Å². The number of rotatable bonds is 11. The summed E-state index contributed by atoms with van der Waals surface area (Å²) < 4.78 is 41.8. The number of thiophene rings is 1. The smallest absolute Gasteiger partial charge is 0.421 e. The molecule has 4 heterocycles. The highest BCUT2D eigenvalue weighted by molar-refractivity contribution is 7.92. The molecule has 44 heavy (non-hydrogen) atoms. The van der Waals surface area contributed by atoms with Crippen LogP contribution in [0, 0.1) is 13.8 Å². The number of methoxy groups -OCH3 is 1. The van der Waals surface area contributed by atoms with Crippen LogP contribution in [0.15, 0.2) is 58.9 Å². The maximum Gasteiger partial charge on any atom is 0.421 e. The van der Waals surface area contributed by atoms with Crippen molar-refractivity contribution in [2.75, 3.05) is 13.7 Å². The molecule has 0 fully saturated rings. The van der Waals surface area contributed by atoms with Gasteiger partial charge in [0.05, 0.1) is 25.8 Å². The van der Waals surface area contributed by atoms with E-state index in [1.807, 2.05) is 57.2 Å². The van der Waals surface area contributed by atoms with Gasteiger partial charge in [-0.1, -0.05) is 44.5 Å². The molecular weight excluding hydrogens is 599 g/mol. The molecule has 5 rings (SSSR count). The summed E-state index contributed by atoms with van der Waals surface area (Å²) in [6.45, 7) is 8.75. The molecule has 0 aliphatic carbocycles. The van der Waals surface area contributed by atoms with E-state index in [1.54, 1.807) is 18.3 Å². The number of hydrogen-bond acceptors (Lipinski definition) is 9. The molecule has 1 amide bonds. The number of carbonyl (C=O) groups is 1. The molecule has 0 atom stereocenters. The lowest BCUT2D eigenvalue weighted by Crippen LogP contribution is -2.31. The van der Waals surface area contributed by atoms with Crippen LogP contribution in [0.1, 0.15) is 49.3 Å². The van der Waals surface area contributed by atoms with Gasteiger partial charge in [0, 0.05) is 28.8 Å². The third-order valence-electron chi connectivity index (χ3n) is 7.14. The second-order valence-electron chi connectivity index (χ2n) is 10.4. The fourth-order valence-corrected chi connectivity index (χ4v) is 7.60. The zero-order chi connectivity index (χ0) is 31.4. The fourth-order valence-electron chi connectivity index (χ4n) is 5.00. The molecule has 5 aromatic rings. The van der Waals surface area contributed by atoms with E-state index in [4.69, 9.17) is 19.4 Å². The Morgan fingerprint density at radius 3 is 2.52 bits per heavy atom. The molecule has 0 bridgehead atoms. The predicted octanol–water partition coefficient (Wildman–Crippen LogP) is 6.67. The summed E-state index contributed by atoms with van der Waals surface area (Å²) in [6, 6.07) is 15.1. The number of nitrogens with zero attached hydrogens (tertiary/aromatic N) is 4. The number of carbonyl (C=O) groups excluding carboxylic acids is 1. The lowest BCUT2D eigenvalue weighted by Gasteiger charge is -2.11. The van der Waals surface area contributed by atoms with Crippen molar-refractivity contribution in [2.24, 2.45) is 0 Å². The van der Waals surface area contributed by atoms with Crippen LogP contribution in [-0.4, -0.2) is 47.7 Å². The average molecular weight is 634 g/mol. The number of amides is 1.